The van der Waals surface area contributed by atoms with E-state index in [1.807, 2.05) is 13.8 Å². The molecule has 2 N–H and O–H groups in total. The summed E-state index contributed by atoms with van der Waals surface area (Å²) in [5, 5.41) is 13.4. The summed E-state index contributed by atoms with van der Waals surface area (Å²) in [6.45, 7) is 6.35. The lowest BCUT2D eigenvalue weighted by atomic mass is 9.88. The molecule has 1 heterocycles. The van der Waals surface area contributed by atoms with Crippen LogP contribution in [0.4, 0.5) is 0 Å². The maximum atomic E-state index is 9.99. The van der Waals surface area contributed by atoms with Crippen molar-refractivity contribution in [3.63, 3.8) is 0 Å². The molecule has 2 heteroatoms. The Hall–Kier alpha value is -0.860. The van der Waals surface area contributed by atoms with Gasteiger partial charge < -0.3 is 10.4 Å². The molecule has 0 aliphatic carbocycles. The van der Waals surface area contributed by atoms with Crippen LogP contribution >= 0.6 is 0 Å². The first-order valence-electron chi connectivity index (χ1n) is 6.67. The predicted octanol–water partition coefficient (Wildman–Crippen LogP) is 2.84. The highest BCUT2D eigenvalue weighted by molar-refractivity contribution is 5.27. The average Bonchev–Trinajstić information content (AvgIpc) is 2.39. The van der Waals surface area contributed by atoms with Gasteiger partial charge in [-0.15, -0.1) is 0 Å². The lowest BCUT2D eigenvalue weighted by Crippen LogP contribution is -2.26. The highest BCUT2D eigenvalue weighted by Gasteiger charge is 2.16. The van der Waals surface area contributed by atoms with Crippen molar-refractivity contribution in [1.29, 1.82) is 0 Å². The van der Waals surface area contributed by atoms with Gasteiger partial charge >= 0.3 is 0 Å². The fourth-order valence-corrected chi connectivity index (χ4v) is 2.51. The van der Waals surface area contributed by atoms with Crippen LogP contribution in [0, 0.1) is 5.92 Å². The van der Waals surface area contributed by atoms with E-state index in [0.29, 0.717) is 5.92 Å². The molecule has 0 radical (unpaired) electrons. The van der Waals surface area contributed by atoms with Crippen molar-refractivity contribution in [1.82, 2.24) is 5.32 Å². The number of piperidine rings is 1. The normalized spacial score (nSPS) is 19.5. The molecule has 2 rings (SSSR count). The first-order chi connectivity index (χ1) is 8.18. The zero-order valence-corrected chi connectivity index (χ0v) is 10.8. The fourth-order valence-electron chi connectivity index (χ4n) is 2.51. The highest BCUT2D eigenvalue weighted by atomic mass is 16.3. The zero-order valence-electron chi connectivity index (χ0n) is 10.8. The Balaban J connectivity index is 2.06. The average molecular weight is 233 g/mol. The van der Waals surface area contributed by atoms with E-state index in [2.05, 4.69) is 29.6 Å². The van der Waals surface area contributed by atoms with E-state index in [4.69, 9.17) is 0 Å². The molecule has 1 aromatic carbocycles. The van der Waals surface area contributed by atoms with Crippen molar-refractivity contribution in [2.75, 3.05) is 13.1 Å². The van der Waals surface area contributed by atoms with Crippen LogP contribution in [0.15, 0.2) is 24.3 Å². The minimum Gasteiger partial charge on any atom is -0.388 e. The quantitative estimate of drug-likeness (QED) is 0.841. The number of hydrogen-bond donors (Lipinski definition) is 2. The number of aliphatic hydroxyl groups excluding tert-OH is 1. The molecule has 1 aromatic rings. The van der Waals surface area contributed by atoms with Crippen molar-refractivity contribution in [2.24, 2.45) is 5.92 Å². The van der Waals surface area contributed by atoms with Gasteiger partial charge in [-0.1, -0.05) is 38.1 Å². The van der Waals surface area contributed by atoms with E-state index < -0.39 is 0 Å². The SMILES string of the molecule is CC(C)C(O)c1ccc(C2CCNCC2)cc1. The fraction of sp³-hybridized carbons (Fsp3) is 0.600. The Bertz CT molecular complexity index is 338. The first kappa shape index (κ1) is 12.6. The van der Waals surface area contributed by atoms with Gasteiger partial charge in [-0.3, -0.25) is 0 Å². The molecule has 0 amide bonds. The summed E-state index contributed by atoms with van der Waals surface area (Å²) in [5.74, 6) is 0.973. The van der Waals surface area contributed by atoms with E-state index >= 15 is 0 Å². The molecule has 1 aliphatic rings. The maximum absolute atomic E-state index is 9.99. The molecule has 0 bridgehead atoms. The van der Waals surface area contributed by atoms with E-state index in [0.717, 1.165) is 18.7 Å². The Morgan fingerprint density at radius 1 is 1.12 bits per heavy atom. The van der Waals surface area contributed by atoms with Gasteiger partial charge in [0, 0.05) is 0 Å². The minimum absolute atomic E-state index is 0.278. The number of benzene rings is 1. The smallest absolute Gasteiger partial charge is 0.0812 e. The van der Waals surface area contributed by atoms with Crippen molar-refractivity contribution in [3.05, 3.63) is 35.4 Å². The van der Waals surface area contributed by atoms with Crippen molar-refractivity contribution in [2.45, 2.75) is 38.7 Å². The number of aliphatic hydroxyl groups is 1. The second kappa shape index (κ2) is 5.65. The molecule has 1 atom stereocenters. The molecule has 0 aromatic heterocycles. The van der Waals surface area contributed by atoms with Crippen LogP contribution < -0.4 is 5.32 Å². The third kappa shape index (κ3) is 3.08. The van der Waals surface area contributed by atoms with Gasteiger partial charge in [0.25, 0.3) is 0 Å². The molecule has 1 fully saturated rings. The molecular weight excluding hydrogens is 210 g/mol. The molecular formula is C15H23NO. The molecule has 1 unspecified atom stereocenters. The third-order valence-corrected chi connectivity index (χ3v) is 3.72. The minimum atomic E-state index is -0.336. The van der Waals surface area contributed by atoms with Crippen molar-refractivity contribution in [3.8, 4) is 0 Å². The van der Waals surface area contributed by atoms with Gasteiger partial charge in [-0.05, 0) is 48.9 Å². The Kier molecular flexibility index (Phi) is 4.19. The van der Waals surface area contributed by atoms with Crippen LogP contribution in [-0.2, 0) is 0 Å². The topological polar surface area (TPSA) is 32.3 Å². The van der Waals surface area contributed by atoms with Crippen molar-refractivity contribution >= 4 is 0 Å². The van der Waals surface area contributed by atoms with Gasteiger partial charge in [-0.25, -0.2) is 0 Å². The first-order valence-corrected chi connectivity index (χ1v) is 6.67. The number of hydrogen-bond acceptors (Lipinski definition) is 2. The summed E-state index contributed by atoms with van der Waals surface area (Å²) in [6, 6.07) is 8.55. The lowest BCUT2D eigenvalue weighted by Gasteiger charge is -2.23. The summed E-state index contributed by atoms with van der Waals surface area (Å²) < 4.78 is 0. The Morgan fingerprint density at radius 3 is 2.24 bits per heavy atom. The summed E-state index contributed by atoms with van der Waals surface area (Å²) in [4.78, 5) is 0. The monoisotopic (exact) mass is 233 g/mol. The molecule has 1 aliphatic heterocycles. The van der Waals surface area contributed by atoms with Gasteiger partial charge in [0.05, 0.1) is 6.10 Å². The van der Waals surface area contributed by atoms with Crippen LogP contribution in [0.25, 0.3) is 0 Å². The van der Waals surface area contributed by atoms with Crippen LogP contribution in [0.2, 0.25) is 0 Å². The van der Waals surface area contributed by atoms with Crippen molar-refractivity contribution < 1.29 is 5.11 Å². The number of nitrogens with one attached hydrogen (secondary N) is 1. The molecule has 2 nitrogen and oxygen atoms in total. The van der Waals surface area contributed by atoms with E-state index in [9.17, 15) is 5.11 Å². The highest BCUT2D eigenvalue weighted by Crippen LogP contribution is 2.27. The molecule has 94 valence electrons. The summed E-state index contributed by atoms with van der Waals surface area (Å²) in [5.41, 5.74) is 2.46. The molecule has 1 saturated heterocycles. The maximum Gasteiger partial charge on any atom is 0.0812 e. The molecule has 0 saturated carbocycles. The molecule has 17 heavy (non-hydrogen) atoms. The lowest BCUT2D eigenvalue weighted by molar-refractivity contribution is 0.127. The summed E-state index contributed by atoms with van der Waals surface area (Å²) in [6.07, 6.45) is 2.12. The van der Waals surface area contributed by atoms with Gasteiger partial charge in [0.1, 0.15) is 0 Å². The second-order valence-electron chi connectivity index (χ2n) is 5.38. The van der Waals surface area contributed by atoms with Gasteiger partial charge in [0.2, 0.25) is 0 Å². The number of rotatable bonds is 3. The van der Waals surface area contributed by atoms with E-state index in [1.54, 1.807) is 0 Å². The predicted molar refractivity (Wildman–Crippen MR) is 71.1 cm³/mol. The van der Waals surface area contributed by atoms with E-state index in [-0.39, 0.29) is 12.0 Å². The zero-order chi connectivity index (χ0) is 12.3. The van der Waals surface area contributed by atoms with Crippen LogP contribution in [0.3, 0.4) is 0 Å². The summed E-state index contributed by atoms with van der Waals surface area (Å²) in [7, 11) is 0. The van der Waals surface area contributed by atoms with Crippen LogP contribution in [0.5, 0.6) is 0 Å². The van der Waals surface area contributed by atoms with Crippen LogP contribution in [-0.4, -0.2) is 18.2 Å². The van der Waals surface area contributed by atoms with Crippen LogP contribution in [0.1, 0.15) is 49.8 Å². The standard InChI is InChI=1S/C15H23NO/c1-11(2)15(17)14-5-3-12(4-6-14)13-7-9-16-10-8-13/h3-6,11,13,15-17H,7-10H2,1-2H3. The Labute approximate surface area is 104 Å². The van der Waals surface area contributed by atoms with E-state index in [1.165, 1.54) is 18.4 Å². The second-order valence-corrected chi connectivity index (χ2v) is 5.38. The van der Waals surface area contributed by atoms with Gasteiger partial charge in [0.15, 0.2) is 0 Å². The van der Waals surface area contributed by atoms with Gasteiger partial charge in [-0.2, -0.15) is 0 Å². The third-order valence-electron chi connectivity index (χ3n) is 3.72. The Morgan fingerprint density at radius 2 is 1.71 bits per heavy atom. The molecule has 0 spiro atoms. The summed E-state index contributed by atoms with van der Waals surface area (Å²) >= 11 is 0. The largest absolute Gasteiger partial charge is 0.388 e.